The van der Waals surface area contributed by atoms with E-state index < -0.39 is 46.0 Å². The number of aromatic nitrogens is 2. The first-order chi connectivity index (χ1) is 19.5. The van der Waals surface area contributed by atoms with E-state index in [0.29, 0.717) is 29.2 Å². The van der Waals surface area contributed by atoms with Gasteiger partial charge in [0, 0.05) is 37.4 Å². The Morgan fingerprint density at radius 1 is 1.17 bits per heavy atom. The number of benzene rings is 2. The summed E-state index contributed by atoms with van der Waals surface area (Å²) in [5, 5.41) is 9.21. The van der Waals surface area contributed by atoms with Crippen LogP contribution in [-0.2, 0) is 32.8 Å². The lowest BCUT2D eigenvalue weighted by Gasteiger charge is -2.31. The molecule has 0 spiro atoms. The molecule has 1 atom stereocenters. The second-order valence-corrected chi connectivity index (χ2v) is 13.0. The molecule has 1 saturated carbocycles. The van der Waals surface area contributed by atoms with Crippen LogP contribution in [0.25, 0.3) is 5.69 Å². The molecule has 42 heavy (non-hydrogen) atoms. The molecule has 1 fully saturated rings. The molecule has 1 aliphatic carbocycles. The Bertz CT molecular complexity index is 1620. The summed E-state index contributed by atoms with van der Waals surface area (Å²) >= 11 is 0. The molecule has 1 aromatic heterocycles. The van der Waals surface area contributed by atoms with Gasteiger partial charge in [-0.25, -0.2) is 22.1 Å². The van der Waals surface area contributed by atoms with Crippen molar-refractivity contribution in [2.24, 2.45) is 0 Å². The molecule has 1 amide bonds. The number of nitrogens with zero attached hydrogens (tertiary/aromatic N) is 5. The third-order valence-electron chi connectivity index (χ3n) is 7.70. The summed E-state index contributed by atoms with van der Waals surface area (Å²) in [5.74, 6) is -1.56. The van der Waals surface area contributed by atoms with Crippen LogP contribution in [0.5, 0.6) is 0 Å². The van der Waals surface area contributed by atoms with Crippen LogP contribution in [0.3, 0.4) is 0 Å². The van der Waals surface area contributed by atoms with Crippen LogP contribution in [0.2, 0.25) is 0 Å². The van der Waals surface area contributed by atoms with Crippen molar-refractivity contribution in [2.45, 2.75) is 50.7 Å². The zero-order chi connectivity index (χ0) is 31.0. The predicted molar refractivity (Wildman–Crippen MR) is 148 cm³/mol. The van der Waals surface area contributed by atoms with Crippen LogP contribution in [-0.4, -0.2) is 59.5 Å². The molecule has 1 heterocycles. The van der Waals surface area contributed by atoms with Gasteiger partial charge in [0.05, 0.1) is 41.6 Å². The van der Waals surface area contributed by atoms with E-state index in [1.165, 1.54) is 11.9 Å². The van der Waals surface area contributed by atoms with E-state index in [2.05, 4.69) is 13.0 Å². The maximum Gasteiger partial charge on any atom is 0.419 e. The van der Waals surface area contributed by atoms with Gasteiger partial charge in [0.25, 0.3) is 0 Å². The average molecular weight is 606 g/mol. The number of likely N-dealkylation sites (N-methyl/N-ethyl adjacent to an activating group) is 1. The molecule has 0 unspecified atom stereocenters. The van der Waals surface area contributed by atoms with Gasteiger partial charge in [-0.2, -0.15) is 18.4 Å². The Morgan fingerprint density at radius 2 is 1.81 bits per heavy atom. The number of rotatable bonds is 10. The van der Waals surface area contributed by atoms with E-state index in [0.717, 1.165) is 35.2 Å². The van der Waals surface area contributed by atoms with Crippen molar-refractivity contribution < 1.29 is 30.8 Å². The van der Waals surface area contributed by atoms with Gasteiger partial charge >= 0.3 is 6.18 Å². The van der Waals surface area contributed by atoms with Gasteiger partial charge in [-0.1, -0.05) is 13.0 Å². The Balaban J connectivity index is 1.73. The third kappa shape index (κ3) is 6.82. The van der Waals surface area contributed by atoms with E-state index in [9.17, 15) is 36.0 Å². The van der Waals surface area contributed by atoms with Crippen molar-refractivity contribution in [1.82, 2.24) is 18.8 Å². The normalized spacial score (nSPS) is 15.3. The first-order valence-electron chi connectivity index (χ1n) is 13.2. The van der Waals surface area contributed by atoms with E-state index in [4.69, 9.17) is 4.98 Å². The van der Waals surface area contributed by atoms with Crippen LogP contribution >= 0.6 is 0 Å². The summed E-state index contributed by atoms with van der Waals surface area (Å²) in [7, 11) is -2.22. The van der Waals surface area contributed by atoms with Gasteiger partial charge in [0.1, 0.15) is 11.6 Å². The molecule has 2 aromatic carbocycles. The molecule has 0 saturated heterocycles. The fourth-order valence-electron chi connectivity index (χ4n) is 4.59. The Labute approximate surface area is 242 Å². The van der Waals surface area contributed by atoms with Crippen molar-refractivity contribution >= 4 is 15.9 Å². The van der Waals surface area contributed by atoms with E-state index in [1.54, 1.807) is 31.2 Å². The summed E-state index contributed by atoms with van der Waals surface area (Å²) in [5.41, 5.74) is 0.309. The number of hydrogen-bond acceptors (Lipinski definition) is 5. The van der Waals surface area contributed by atoms with Crippen LogP contribution < -0.4 is 0 Å². The van der Waals surface area contributed by atoms with Crippen molar-refractivity contribution in [3.8, 4) is 11.8 Å². The van der Waals surface area contributed by atoms with Gasteiger partial charge in [-0.3, -0.25) is 4.79 Å². The third-order valence-corrected chi connectivity index (χ3v) is 9.02. The first-order valence-corrected chi connectivity index (χ1v) is 15.0. The van der Waals surface area contributed by atoms with Crippen molar-refractivity contribution in [1.29, 1.82) is 5.26 Å². The van der Waals surface area contributed by atoms with Crippen LogP contribution in [0.4, 0.5) is 17.6 Å². The fourth-order valence-corrected chi connectivity index (χ4v) is 5.00. The smallest absolute Gasteiger partial charge is 0.331 e. The maximum absolute atomic E-state index is 13.9. The molecular formula is C29H31F4N5O3S. The number of nitriles is 1. The Hall–Kier alpha value is -3.76. The van der Waals surface area contributed by atoms with E-state index in [1.807, 2.05) is 10.8 Å². The summed E-state index contributed by atoms with van der Waals surface area (Å²) in [6.07, 6.45) is -0.646. The van der Waals surface area contributed by atoms with Gasteiger partial charge < -0.3 is 9.47 Å². The van der Waals surface area contributed by atoms with Crippen molar-refractivity contribution in [3.05, 3.63) is 82.7 Å². The predicted octanol–water partition coefficient (Wildman–Crippen LogP) is 4.98. The number of carbonyl (C=O) groups is 1. The number of alkyl halides is 3. The lowest BCUT2D eigenvalue weighted by Crippen LogP contribution is -2.42. The molecule has 4 rings (SSSR count). The molecule has 13 heteroatoms. The summed E-state index contributed by atoms with van der Waals surface area (Å²) in [6.45, 7) is 3.63. The molecule has 8 nitrogen and oxygen atoms in total. The largest absolute Gasteiger partial charge is 0.419 e. The molecule has 224 valence electrons. The van der Waals surface area contributed by atoms with Crippen molar-refractivity contribution in [3.63, 3.8) is 0 Å². The highest BCUT2D eigenvalue weighted by molar-refractivity contribution is 7.88. The summed E-state index contributed by atoms with van der Waals surface area (Å²) in [4.78, 5) is 19.9. The molecule has 0 aliphatic heterocycles. The number of sulfonamides is 1. The molecule has 0 radical (unpaired) electrons. The average Bonchev–Trinajstić information content (AvgIpc) is 3.50. The second-order valence-electron chi connectivity index (χ2n) is 10.9. The Kier molecular flexibility index (Phi) is 8.53. The molecule has 1 aliphatic rings. The van der Waals surface area contributed by atoms with Crippen LogP contribution in [0.15, 0.2) is 48.7 Å². The van der Waals surface area contributed by atoms with Gasteiger partial charge in [-0.05, 0) is 61.7 Å². The SMILES string of the molecule is C[C@H](c1nc(C2(C)CC2)cn1-c1ccc(C#N)cc1)N(CCN(C)S(C)(=O)=O)C(=O)Cc1ccc(F)c(C(F)(F)F)c1. The number of hydrogen-bond donors (Lipinski definition) is 0. The minimum absolute atomic E-state index is 0.0380. The first kappa shape index (κ1) is 31.2. The minimum Gasteiger partial charge on any atom is -0.331 e. The lowest BCUT2D eigenvalue weighted by molar-refractivity contribution is -0.140. The zero-order valence-corrected chi connectivity index (χ0v) is 24.4. The molecular weight excluding hydrogens is 574 g/mol. The van der Waals surface area contributed by atoms with E-state index >= 15 is 0 Å². The summed E-state index contributed by atoms with van der Waals surface area (Å²) < 4.78 is 80.9. The molecule has 0 N–H and O–H groups in total. The highest BCUT2D eigenvalue weighted by Gasteiger charge is 2.42. The number of amides is 1. The Morgan fingerprint density at radius 3 is 2.36 bits per heavy atom. The maximum atomic E-state index is 13.9. The summed E-state index contributed by atoms with van der Waals surface area (Å²) in [6, 6.07) is 10.5. The highest BCUT2D eigenvalue weighted by atomic mass is 32.2. The highest BCUT2D eigenvalue weighted by Crippen LogP contribution is 2.47. The van der Waals surface area contributed by atoms with E-state index in [-0.39, 0.29) is 24.1 Å². The van der Waals surface area contributed by atoms with Crippen molar-refractivity contribution in [2.75, 3.05) is 26.4 Å². The van der Waals surface area contributed by atoms with Crippen LogP contribution in [0, 0.1) is 17.1 Å². The molecule has 3 aromatic rings. The number of carbonyl (C=O) groups excluding carboxylic acids is 1. The topological polar surface area (TPSA) is 99.3 Å². The van der Waals surface area contributed by atoms with Gasteiger partial charge in [-0.15, -0.1) is 0 Å². The monoisotopic (exact) mass is 605 g/mol. The second kappa shape index (κ2) is 11.5. The van der Waals surface area contributed by atoms with Gasteiger partial charge in [0.15, 0.2) is 0 Å². The molecule has 0 bridgehead atoms. The van der Waals surface area contributed by atoms with Gasteiger partial charge in [0.2, 0.25) is 15.9 Å². The van der Waals surface area contributed by atoms with Crippen LogP contribution in [0.1, 0.15) is 60.9 Å². The number of halogens is 4. The standard InChI is InChI=1S/C29H31F4N5O3S/c1-19(27-35-25(28(2)11-12-28)18-38(27)22-8-5-20(17-34)6-9-22)37(14-13-36(3)42(4,40)41)26(39)16-21-7-10-24(30)23(15-21)29(31,32)33/h5-10,15,18-19H,11-14,16H2,1-4H3/t19-/m1/s1. The zero-order valence-electron chi connectivity index (χ0n) is 23.6. The minimum atomic E-state index is -4.94. The quantitative estimate of drug-likeness (QED) is 0.304. The fraction of sp³-hybridized carbons (Fsp3) is 0.414. The lowest BCUT2D eigenvalue weighted by atomic mass is 10.1. The number of imidazole rings is 1.